The monoisotopic (exact) mass is 333 g/mol. The van der Waals surface area contributed by atoms with Crippen LogP contribution in [0, 0.1) is 0 Å². The van der Waals surface area contributed by atoms with Crippen molar-refractivity contribution in [3.8, 4) is 0 Å². The van der Waals surface area contributed by atoms with Crippen molar-refractivity contribution in [3.05, 3.63) is 0 Å². The van der Waals surface area contributed by atoms with E-state index in [0.29, 0.717) is 0 Å². The number of aliphatic carboxylic acids is 4. The molecule has 0 aromatic rings. The second-order valence-corrected chi connectivity index (χ2v) is 4.00. The predicted octanol–water partition coefficient (Wildman–Crippen LogP) is -2.21. The van der Waals surface area contributed by atoms with Gasteiger partial charge in [-0.2, -0.15) is 0 Å². The minimum absolute atomic E-state index is 0. The smallest absolute Gasteiger partial charge is 0.317 e. The second kappa shape index (κ2) is 12.0. The zero-order valence-corrected chi connectivity index (χ0v) is 14.7. The molecule has 0 atom stereocenters. The van der Waals surface area contributed by atoms with Crippen LogP contribution in [0.1, 0.15) is 1.43 Å². The molecular weight excluding hydrogens is 315 g/mol. The van der Waals surface area contributed by atoms with Gasteiger partial charge in [-0.1, -0.05) is 0 Å². The Morgan fingerprint density at radius 1 is 0.619 bits per heavy atom. The van der Waals surface area contributed by atoms with Gasteiger partial charge in [-0.3, -0.25) is 29.0 Å². The molecule has 4 N–H and O–H groups in total. The fourth-order valence-electron chi connectivity index (χ4n) is 1.48. The van der Waals surface area contributed by atoms with Gasteiger partial charge in [0, 0.05) is 65.9 Å². The van der Waals surface area contributed by atoms with Crippen LogP contribution < -0.4 is 0 Å². The maximum absolute atomic E-state index is 10.6. The Hall–Kier alpha value is -0.564. The first-order valence-electron chi connectivity index (χ1n) is 5.52. The minimum atomic E-state index is -1.23. The molecule has 0 aromatic carbocycles. The summed E-state index contributed by atoms with van der Waals surface area (Å²) in [7, 11) is 0. The van der Waals surface area contributed by atoms with Gasteiger partial charge < -0.3 is 20.4 Å². The first-order valence-corrected chi connectivity index (χ1v) is 5.52. The van der Waals surface area contributed by atoms with Gasteiger partial charge in [-0.25, -0.2) is 0 Å². The predicted molar refractivity (Wildman–Crippen MR) is 71.3 cm³/mol. The molecule has 0 fully saturated rings. The summed E-state index contributed by atoms with van der Waals surface area (Å²) in [5.41, 5.74) is 0. The van der Waals surface area contributed by atoms with E-state index in [1.807, 2.05) is 0 Å². The molecule has 11 heteroatoms. The van der Waals surface area contributed by atoms with Crippen LogP contribution in [-0.4, -0.2) is 145 Å². The van der Waals surface area contributed by atoms with E-state index in [1.54, 1.807) is 0 Å². The normalized spacial score (nSPS) is 10.2. The van der Waals surface area contributed by atoms with Gasteiger partial charge in [0.15, 0.2) is 0 Å². The van der Waals surface area contributed by atoms with Crippen molar-refractivity contribution < 1.29 is 41.0 Å². The van der Waals surface area contributed by atoms with Crippen LogP contribution in [0.25, 0.3) is 0 Å². The van der Waals surface area contributed by atoms with Gasteiger partial charge in [-0.05, 0) is 0 Å². The molecule has 0 bridgehead atoms. The largest absolute Gasteiger partial charge is 0.480 e. The molecule has 0 rings (SSSR count). The summed E-state index contributed by atoms with van der Waals surface area (Å²) in [6.07, 6.45) is 0. The third kappa shape index (κ3) is 14.1. The molecule has 0 aliphatic heterocycles. The van der Waals surface area contributed by atoms with E-state index < -0.39 is 50.1 Å². The third-order valence-corrected chi connectivity index (χ3v) is 2.17. The summed E-state index contributed by atoms with van der Waals surface area (Å²) in [5, 5.41) is 34.5. The van der Waals surface area contributed by atoms with Gasteiger partial charge in [0.2, 0.25) is 0 Å². The Labute approximate surface area is 164 Å². The molecule has 0 saturated carbocycles. The minimum Gasteiger partial charge on any atom is -0.480 e. The van der Waals surface area contributed by atoms with E-state index in [1.165, 1.54) is 0 Å². The molecule has 0 spiro atoms. The van der Waals surface area contributed by atoms with Crippen molar-refractivity contribution in [2.75, 3.05) is 39.3 Å². The summed E-state index contributed by atoms with van der Waals surface area (Å²) >= 11 is 0. The number of rotatable bonds is 11. The van der Waals surface area contributed by atoms with E-state index in [9.17, 15) is 19.2 Å². The molecule has 0 unspecified atom stereocenters. The van der Waals surface area contributed by atoms with E-state index in [4.69, 9.17) is 20.4 Å². The average molecular weight is 333 g/mol. The molecular formula is C10H18KN2O8. The van der Waals surface area contributed by atoms with Crippen LogP contribution in [0.5, 0.6) is 0 Å². The maximum atomic E-state index is 10.6. The first kappa shape index (κ1) is 22.7. The number of carboxylic acid groups (broad SMARTS) is 4. The number of carboxylic acids is 4. The number of carbonyl (C=O) groups is 4. The molecule has 0 aromatic heterocycles. The standard InChI is InChI=1S/C10H16N2O8.K.H2/c13-7(14)3-11(4-8(15)16)1-2-12(5-9(17)18)6-10(19)20;;/h1-6H2,(H,13,14)(H,15,16)(H,17,18)(H,19,20);;1H. The van der Waals surface area contributed by atoms with Gasteiger partial charge in [0.1, 0.15) is 0 Å². The number of nitrogens with zero attached hydrogens (tertiary/aromatic N) is 2. The van der Waals surface area contributed by atoms with Gasteiger partial charge in [0.05, 0.1) is 26.2 Å². The van der Waals surface area contributed by atoms with Crippen molar-refractivity contribution in [2.45, 2.75) is 0 Å². The third-order valence-electron chi connectivity index (χ3n) is 2.17. The molecule has 0 saturated heterocycles. The van der Waals surface area contributed by atoms with Gasteiger partial charge in [-0.15, -0.1) is 0 Å². The van der Waals surface area contributed by atoms with Crippen LogP contribution in [0.3, 0.4) is 0 Å². The van der Waals surface area contributed by atoms with Crippen LogP contribution in [-0.2, 0) is 19.2 Å². The SMILES string of the molecule is O=C(O)CN(CCN(CC(=O)O)CC(=O)O)CC(=O)O.[HH].[K]. The molecule has 0 aliphatic carbocycles. The molecule has 0 aliphatic rings. The molecule has 21 heavy (non-hydrogen) atoms. The maximum Gasteiger partial charge on any atom is 0.317 e. The Morgan fingerprint density at radius 2 is 0.810 bits per heavy atom. The van der Waals surface area contributed by atoms with Crippen LogP contribution in [0.15, 0.2) is 0 Å². The van der Waals surface area contributed by atoms with Gasteiger partial charge in [0.25, 0.3) is 0 Å². The molecule has 0 heterocycles. The molecule has 1 radical (unpaired) electrons. The Kier molecular flexibility index (Phi) is 13.0. The summed E-state index contributed by atoms with van der Waals surface area (Å²) in [4.78, 5) is 44.4. The van der Waals surface area contributed by atoms with Crippen LogP contribution >= 0.6 is 0 Å². The van der Waals surface area contributed by atoms with Crippen LogP contribution in [0.2, 0.25) is 0 Å². The van der Waals surface area contributed by atoms with Crippen molar-refractivity contribution in [1.29, 1.82) is 0 Å². The van der Waals surface area contributed by atoms with E-state index in [2.05, 4.69) is 0 Å². The number of hydrogen-bond donors (Lipinski definition) is 4. The zero-order chi connectivity index (χ0) is 15.7. The zero-order valence-electron chi connectivity index (χ0n) is 11.6. The van der Waals surface area contributed by atoms with E-state index >= 15 is 0 Å². The number of hydrogen-bond acceptors (Lipinski definition) is 6. The Balaban J connectivity index is -0.00000180. The quantitative estimate of drug-likeness (QED) is 0.306. The molecule has 0 amide bonds. The van der Waals surface area contributed by atoms with Crippen molar-refractivity contribution in [1.82, 2.24) is 9.80 Å². The fraction of sp³-hybridized carbons (Fsp3) is 0.600. The molecule has 117 valence electrons. The second-order valence-electron chi connectivity index (χ2n) is 4.00. The Morgan fingerprint density at radius 3 is 0.952 bits per heavy atom. The summed E-state index contributed by atoms with van der Waals surface area (Å²) < 4.78 is 0. The summed E-state index contributed by atoms with van der Waals surface area (Å²) in [6, 6.07) is 0. The van der Waals surface area contributed by atoms with Crippen molar-refractivity contribution >= 4 is 75.3 Å². The van der Waals surface area contributed by atoms with Gasteiger partial charge >= 0.3 is 23.9 Å². The summed E-state index contributed by atoms with van der Waals surface area (Å²) in [5.74, 6) is -4.91. The Bertz CT molecular complexity index is 327. The topological polar surface area (TPSA) is 156 Å². The van der Waals surface area contributed by atoms with E-state index in [0.717, 1.165) is 9.80 Å². The van der Waals surface area contributed by atoms with Crippen LogP contribution in [0.4, 0.5) is 0 Å². The van der Waals surface area contributed by atoms with Crippen molar-refractivity contribution in [2.24, 2.45) is 0 Å². The molecule has 10 nitrogen and oxygen atoms in total. The first-order chi connectivity index (χ1) is 9.20. The van der Waals surface area contributed by atoms with Crippen molar-refractivity contribution in [3.63, 3.8) is 0 Å². The average Bonchev–Trinajstić information content (AvgIpc) is 2.22. The summed E-state index contributed by atoms with van der Waals surface area (Å²) in [6.45, 7) is -2.25. The fourth-order valence-corrected chi connectivity index (χ4v) is 1.48. The van der Waals surface area contributed by atoms with E-state index in [-0.39, 0.29) is 65.9 Å².